The summed E-state index contributed by atoms with van der Waals surface area (Å²) < 4.78 is 49.8. The summed E-state index contributed by atoms with van der Waals surface area (Å²) in [5.74, 6) is -1.58. The number of hydrogen-bond acceptors (Lipinski definition) is 2. The SMILES string of the molecule is CNc1c(F)cccc1C(=O)N(C)CC(F)(F)F. The lowest BCUT2D eigenvalue weighted by Crippen LogP contribution is -2.36. The van der Waals surface area contributed by atoms with Gasteiger partial charge in [-0.15, -0.1) is 0 Å². The molecule has 0 aromatic heterocycles. The molecule has 0 radical (unpaired) electrons. The third-order valence-corrected chi connectivity index (χ3v) is 2.26. The summed E-state index contributed by atoms with van der Waals surface area (Å²) in [6, 6.07) is 3.65. The number of halogens is 4. The highest BCUT2D eigenvalue weighted by Gasteiger charge is 2.32. The van der Waals surface area contributed by atoms with Gasteiger partial charge in [0, 0.05) is 14.1 Å². The Bertz CT molecular complexity index is 445. The Hall–Kier alpha value is -1.79. The van der Waals surface area contributed by atoms with Gasteiger partial charge in [-0.25, -0.2) is 4.39 Å². The molecule has 100 valence electrons. The van der Waals surface area contributed by atoms with Crippen molar-refractivity contribution in [2.24, 2.45) is 0 Å². The van der Waals surface area contributed by atoms with Gasteiger partial charge in [-0.1, -0.05) is 6.07 Å². The second-order valence-electron chi connectivity index (χ2n) is 3.69. The molecule has 1 N–H and O–H groups in total. The average Bonchev–Trinajstić information content (AvgIpc) is 2.25. The van der Waals surface area contributed by atoms with Crippen molar-refractivity contribution in [1.82, 2.24) is 4.90 Å². The molecule has 7 heteroatoms. The van der Waals surface area contributed by atoms with Gasteiger partial charge < -0.3 is 10.2 Å². The molecular formula is C11H12F4N2O. The van der Waals surface area contributed by atoms with Crippen molar-refractivity contribution in [2.45, 2.75) is 6.18 Å². The average molecular weight is 264 g/mol. The molecule has 3 nitrogen and oxygen atoms in total. The van der Waals surface area contributed by atoms with Crippen LogP contribution in [-0.2, 0) is 0 Å². The number of amides is 1. The number of nitrogens with zero attached hydrogens (tertiary/aromatic N) is 1. The smallest absolute Gasteiger partial charge is 0.385 e. The van der Waals surface area contributed by atoms with Crippen LogP contribution in [0.3, 0.4) is 0 Å². The zero-order chi connectivity index (χ0) is 13.9. The highest BCUT2D eigenvalue weighted by molar-refractivity contribution is 5.99. The number of benzene rings is 1. The van der Waals surface area contributed by atoms with Crippen LogP contribution in [0.5, 0.6) is 0 Å². The molecule has 0 fully saturated rings. The molecule has 0 heterocycles. The van der Waals surface area contributed by atoms with E-state index < -0.39 is 24.4 Å². The Labute approximate surface area is 101 Å². The van der Waals surface area contributed by atoms with Crippen LogP contribution >= 0.6 is 0 Å². The summed E-state index contributed by atoms with van der Waals surface area (Å²) >= 11 is 0. The first-order valence-electron chi connectivity index (χ1n) is 5.04. The Kier molecular flexibility index (Phi) is 4.15. The van der Waals surface area contributed by atoms with Gasteiger partial charge in [0.15, 0.2) is 0 Å². The molecule has 1 aromatic carbocycles. The van der Waals surface area contributed by atoms with E-state index in [4.69, 9.17) is 0 Å². The molecule has 0 spiro atoms. The van der Waals surface area contributed by atoms with Crippen LogP contribution < -0.4 is 5.32 Å². The number of nitrogens with one attached hydrogen (secondary N) is 1. The minimum Gasteiger partial charge on any atom is -0.385 e. The van der Waals surface area contributed by atoms with Crippen molar-refractivity contribution in [1.29, 1.82) is 0 Å². The second-order valence-corrected chi connectivity index (χ2v) is 3.69. The highest BCUT2D eigenvalue weighted by Crippen LogP contribution is 2.22. The van der Waals surface area contributed by atoms with Gasteiger partial charge in [0.25, 0.3) is 5.91 Å². The van der Waals surface area contributed by atoms with Crippen LogP contribution in [0.4, 0.5) is 23.2 Å². The number of carbonyl (C=O) groups is 1. The van der Waals surface area contributed by atoms with E-state index in [9.17, 15) is 22.4 Å². The van der Waals surface area contributed by atoms with Crippen LogP contribution in [0, 0.1) is 5.82 Å². The van der Waals surface area contributed by atoms with E-state index in [1.54, 1.807) is 0 Å². The van der Waals surface area contributed by atoms with Crippen LogP contribution in [0.2, 0.25) is 0 Å². The van der Waals surface area contributed by atoms with Crippen LogP contribution in [-0.4, -0.2) is 37.6 Å². The van der Waals surface area contributed by atoms with E-state index in [0.717, 1.165) is 13.1 Å². The molecule has 0 aliphatic heterocycles. The van der Waals surface area contributed by atoms with Crippen LogP contribution in [0.1, 0.15) is 10.4 Å². The van der Waals surface area contributed by atoms with Gasteiger partial charge in [-0.3, -0.25) is 4.79 Å². The predicted molar refractivity (Wildman–Crippen MR) is 59.0 cm³/mol. The summed E-state index contributed by atoms with van der Waals surface area (Å²) in [6.45, 7) is -1.38. The number of rotatable bonds is 3. The van der Waals surface area contributed by atoms with E-state index in [1.807, 2.05) is 0 Å². The second kappa shape index (κ2) is 5.24. The molecule has 0 saturated heterocycles. The number of hydrogen-bond donors (Lipinski definition) is 1. The van der Waals surface area contributed by atoms with E-state index in [1.165, 1.54) is 19.2 Å². The number of para-hydroxylation sites is 1. The Morgan fingerprint density at radius 1 is 1.39 bits per heavy atom. The largest absolute Gasteiger partial charge is 0.406 e. The van der Waals surface area contributed by atoms with Crippen LogP contribution in [0.15, 0.2) is 18.2 Å². The Morgan fingerprint density at radius 3 is 2.50 bits per heavy atom. The quantitative estimate of drug-likeness (QED) is 0.851. The fraction of sp³-hybridized carbons (Fsp3) is 0.364. The maximum atomic E-state index is 13.4. The molecule has 0 saturated carbocycles. The Morgan fingerprint density at radius 2 is 2.00 bits per heavy atom. The number of alkyl halides is 3. The lowest BCUT2D eigenvalue weighted by Gasteiger charge is -2.20. The summed E-state index contributed by atoms with van der Waals surface area (Å²) in [6.07, 6.45) is -4.49. The first-order chi connectivity index (χ1) is 8.26. The normalized spacial score (nSPS) is 11.2. The predicted octanol–water partition coefficient (Wildman–Crippen LogP) is 2.50. The lowest BCUT2D eigenvalue weighted by atomic mass is 10.1. The molecule has 1 amide bonds. The van der Waals surface area contributed by atoms with Gasteiger partial charge in [0.2, 0.25) is 0 Å². The van der Waals surface area contributed by atoms with Gasteiger partial charge >= 0.3 is 6.18 Å². The monoisotopic (exact) mass is 264 g/mol. The molecule has 0 bridgehead atoms. The number of anilines is 1. The lowest BCUT2D eigenvalue weighted by molar-refractivity contribution is -0.138. The summed E-state index contributed by atoms with van der Waals surface area (Å²) in [5, 5.41) is 2.46. The Balaban J connectivity index is 3.01. The van der Waals surface area contributed by atoms with Crippen molar-refractivity contribution in [3.05, 3.63) is 29.6 Å². The van der Waals surface area contributed by atoms with Crippen molar-refractivity contribution >= 4 is 11.6 Å². The maximum Gasteiger partial charge on any atom is 0.406 e. The standard InChI is InChI=1S/C11H12F4N2O/c1-16-9-7(4-3-5-8(9)12)10(18)17(2)6-11(13,14)15/h3-5,16H,6H2,1-2H3. The molecule has 1 aromatic rings. The van der Waals surface area contributed by atoms with Gasteiger partial charge in [-0.2, -0.15) is 13.2 Å². The molecule has 1 rings (SSSR count). The van der Waals surface area contributed by atoms with Crippen molar-refractivity contribution in [3.8, 4) is 0 Å². The maximum absolute atomic E-state index is 13.4. The molecular weight excluding hydrogens is 252 g/mol. The van der Waals surface area contributed by atoms with Crippen LogP contribution in [0.25, 0.3) is 0 Å². The number of carbonyl (C=O) groups excluding carboxylic acids is 1. The van der Waals surface area contributed by atoms with Crippen molar-refractivity contribution < 1.29 is 22.4 Å². The fourth-order valence-electron chi connectivity index (χ4n) is 1.50. The van der Waals surface area contributed by atoms with E-state index in [2.05, 4.69) is 5.32 Å². The summed E-state index contributed by atoms with van der Waals surface area (Å²) in [4.78, 5) is 12.3. The highest BCUT2D eigenvalue weighted by atomic mass is 19.4. The topological polar surface area (TPSA) is 32.3 Å². The van der Waals surface area contributed by atoms with E-state index in [-0.39, 0.29) is 11.3 Å². The zero-order valence-electron chi connectivity index (χ0n) is 9.81. The summed E-state index contributed by atoms with van der Waals surface area (Å²) in [5.41, 5.74) is -0.249. The van der Waals surface area contributed by atoms with E-state index >= 15 is 0 Å². The first kappa shape index (κ1) is 14.3. The third-order valence-electron chi connectivity index (χ3n) is 2.26. The van der Waals surface area contributed by atoms with Crippen molar-refractivity contribution in [2.75, 3.05) is 26.0 Å². The zero-order valence-corrected chi connectivity index (χ0v) is 9.81. The minimum absolute atomic E-state index is 0.114. The van der Waals surface area contributed by atoms with Crippen molar-refractivity contribution in [3.63, 3.8) is 0 Å². The third kappa shape index (κ3) is 3.35. The van der Waals surface area contributed by atoms with Gasteiger partial charge in [-0.05, 0) is 12.1 Å². The minimum atomic E-state index is -4.49. The molecule has 0 unspecified atom stereocenters. The van der Waals surface area contributed by atoms with Gasteiger partial charge in [0.1, 0.15) is 12.4 Å². The van der Waals surface area contributed by atoms with Gasteiger partial charge in [0.05, 0.1) is 11.3 Å². The molecule has 0 atom stereocenters. The summed E-state index contributed by atoms with van der Waals surface area (Å²) in [7, 11) is 2.40. The molecule has 0 aliphatic carbocycles. The first-order valence-corrected chi connectivity index (χ1v) is 5.04. The fourth-order valence-corrected chi connectivity index (χ4v) is 1.50. The molecule has 0 aliphatic rings. The van der Waals surface area contributed by atoms with E-state index in [0.29, 0.717) is 4.90 Å². The molecule has 18 heavy (non-hydrogen) atoms.